The summed E-state index contributed by atoms with van der Waals surface area (Å²) in [6, 6.07) is 10.1. The van der Waals surface area contributed by atoms with Crippen molar-refractivity contribution in [2.75, 3.05) is 18.1 Å². The van der Waals surface area contributed by atoms with E-state index in [-0.39, 0.29) is 4.75 Å². The van der Waals surface area contributed by atoms with E-state index in [0.717, 1.165) is 23.1 Å². The number of fused-ring (bicyclic) bond motifs is 1. The van der Waals surface area contributed by atoms with Crippen LogP contribution in [0.25, 0.3) is 10.9 Å². The Morgan fingerprint density at radius 2 is 2.11 bits per heavy atom. The minimum atomic E-state index is 0.122. The fourth-order valence-electron chi connectivity index (χ4n) is 1.79. The smallest absolute Gasteiger partial charge is 0.103 e. The molecule has 3 nitrogen and oxygen atoms in total. The second-order valence-corrected chi connectivity index (χ2v) is 6.51. The van der Waals surface area contributed by atoms with Crippen molar-refractivity contribution in [2.45, 2.75) is 18.6 Å². The van der Waals surface area contributed by atoms with Crippen LogP contribution in [0, 0.1) is 11.3 Å². The van der Waals surface area contributed by atoms with Crippen LogP contribution in [0.1, 0.15) is 19.4 Å². The summed E-state index contributed by atoms with van der Waals surface area (Å²) in [7, 11) is 0. The van der Waals surface area contributed by atoms with Gasteiger partial charge in [0, 0.05) is 22.9 Å². The first-order valence-electron chi connectivity index (χ1n) is 6.14. The van der Waals surface area contributed by atoms with Crippen LogP contribution in [0.2, 0.25) is 0 Å². The summed E-state index contributed by atoms with van der Waals surface area (Å²) in [5.41, 5.74) is 2.39. The molecule has 19 heavy (non-hydrogen) atoms. The van der Waals surface area contributed by atoms with E-state index < -0.39 is 0 Å². The lowest BCUT2D eigenvalue weighted by atomic mass is 10.1. The summed E-state index contributed by atoms with van der Waals surface area (Å²) in [4.78, 5) is 4.31. The zero-order chi connectivity index (χ0) is 13.9. The lowest BCUT2D eigenvalue weighted by Gasteiger charge is -2.23. The number of pyridine rings is 1. The lowest BCUT2D eigenvalue weighted by molar-refractivity contribution is 0.753. The number of anilines is 1. The largest absolute Gasteiger partial charge is 0.382 e. The zero-order valence-electron chi connectivity index (χ0n) is 11.4. The number of thioether (sulfide) groups is 1. The molecule has 0 spiro atoms. The van der Waals surface area contributed by atoms with Gasteiger partial charge in [0.15, 0.2) is 0 Å². The van der Waals surface area contributed by atoms with E-state index in [1.54, 1.807) is 18.0 Å². The average Bonchev–Trinajstić information content (AvgIpc) is 2.44. The predicted octanol–water partition coefficient (Wildman–Crippen LogP) is 3.66. The standard InChI is InChI=1S/C15H17N3S/c1-15(2,19-3)10-18-14-11(8-16)9-17-13-7-5-4-6-12(13)14/h4-7,9H,10H2,1-3H3,(H,17,18). The fraction of sp³-hybridized carbons (Fsp3) is 0.333. The Balaban J connectivity index is 2.43. The van der Waals surface area contributed by atoms with Gasteiger partial charge in [0.2, 0.25) is 0 Å². The number of para-hydroxylation sites is 1. The van der Waals surface area contributed by atoms with Crippen molar-refractivity contribution in [3.05, 3.63) is 36.0 Å². The van der Waals surface area contributed by atoms with E-state index in [1.165, 1.54) is 0 Å². The second-order valence-electron chi connectivity index (χ2n) is 4.99. The minimum absolute atomic E-state index is 0.122. The quantitative estimate of drug-likeness (QED) is 0.922. The second kappa shape index (κ2) is 5.50. The lowest BCUT2D eigenvalue weighted by Crippen LogP contribution is -2.26. The van der Waals surface area contributed by atoms with Crippen molar-refractivity contribution >= 4 is 28.4 Å². The molecule has 0 atom stereocenters. The van der Waals surface area contributed by atoms with Crippen LogP contribution in [0.4, 0.5) is 5.69 Å². The number of nitrogens with one attached hydrogen (secondary N) is 1. The number of nitriles is 1. The van der Waals surface area contributed by atoms with Gasteiger partial charge < -0.3 is 5.32 Å². The molecule has 0 radical (unpaired) electrons. The van der Waals surface area contributed by atoms with Gasteiger partial charge in [-0.05, 0) is 26.2 Å². The van der Waals surface area contributed by atoms with E-state index >= 15 is 0 Å². The maximum Gasteiger partial charge on any atom is 0.103 e. The zero-order valence-corrected chi connectivity index (χ0v) is 12.2. The SMILES string of the molecule is CSC(C)(C)CNc1c(C#N)cnc2ccccc12. The number of aromatic nitrogens is 1. The number of rotatable bonds is 4. The Labute approximate surface area is 118 Å². The minimum Gasteiger partial charge on any atom is -0.382 e. The number of benzene rings is 1. The molecule has 1 aromatic carbocycles. The topological polar surface area (TPSA) is 48.7 Å². The molecular weight excluding hydrogens is 254 g/mol. The molecule has 0 unspecified atom stereocenters. The van der Waals surface area contributed by atoms with Gasteiger partial charge in [-0.25, -0.2) is 0 Å². The molecule has 4 heteroatoms. The molecule has 0 amide bonds. The molecule has 0 bridgehead atoms. The third kappa shape index (κ3) is 2.99. The van der Waals surface area contributed by atoms with Gasteiger partial charge in [0.1, 0.15) is 6.07 Å². The summed E-state index contributed by atoms with van der Waals surface area (Å²) in [6.07, 6.45) is 3.73. The van der Waals surface area contributed by atoms with E-state index in [0.29, 0.717) is 5.56 Å². The Morgan fingerprint density at radius 1 is 1.37 bits per heavy atom. The third-order valence-electron chi connectivity index (χ3n) is 3.14. The molecule has 0 aliphatic heterocycles. The Kier molecular flexibility index (Phi) is 3.96. The molecule has 2 aromatic rings. The third-order valence-corrected chi connectivity index (χ3v) is 4.39. The van der Waals surface area contributed by atoms with Crippen molar-refractivity contribution in [2.24, 2.45) is 0 Å². The van der Waals surface area contributed by atoms with E-state index in [4.69, 9.17) is 0 Å². The van der Waals surface area contributed by atoms with E-state index in [2.05, 4.69) is 36.5 Å². The Morgan fingerprint density at radius 3 is 2.79 bits per heavy atom. The van der Waals surface area contributed by atoms with Crippen molar-refractivity contribution in [1.29, 1.82) is 5.26 Å². The highest BCUT2D eigenvalue weighted by atomic mass is 32.2. The Hall–Kier alpha value is -1.73. The van der Waals surface area contributed by atoms with E-state index in [1.807, 2.05) is 24.3 Å². The molecule has 0 aliphatic rings. The maximum absolute atomic E-state index is 9.23. The molecular formula is C15H17N3S. The van der Waals surface area contributed by atoms with Crippen LogP contribution >= 0.6 is 11.8 Å². The molecule has 0 aliphatic carbocycles. The highest BCUT2D eigenvalue weighted by Gasteiger charge is 2.17. The van der Waals surface area contributed by atoms with Crippen LogP contribution in [0.15, 0.2) is 30.5 Å². The van der Waals surface area contributed by atoms with Gasteiger partial charge in [0.05, 0.1) is 16.8 Å². The van der Waals surface area contributed by atoms with Gasteiger partial charge in [-0.2, -0.15) is 17.0 Å². The predicted molar refractivity (Wildman–Crippen MR) is 82.5 cm³/mol. The van der Waals surface area contributed by atoms with Gasteiger partial charge in [-0.1, -0.05) is 18.2 Å². The molecule has 98 valence electrons. The van der Waals surface area contributed by atoms with Crippen LogP contribution < -0.4 is 5.32 Å². The van der Waals surface area contributed by atoms with Crippen LogP contribution in [-0.4, -0.2) is 22.5 Å². The number of hydrogen-bond acceptors (Lipinski definition) is 4. The molecule has 1 heterocycles. The summed E-state index contributed by atoms with van der Waals surface area (Å²) in [6.45, 7) is 5.16. The first kappa shape index (κ1) is 13.7. The highest BCUT2D eigenvalue weighted by Crippen LogP contribution is 2.28. The normalized spacial score (nSPS) is 11.3. The molecule has 2 rings (SSSR count). The molecule has 0 saturated carbocycles. The van der Waals surface area contributed by atoms with Crippen LogP contribution in [0.3, 0.4) is 0 Å². The summed E-state index contributed by atoms with van der Waals surface area (Å²) in [5.74, 6) is 0. The first-order valence-corrected chi connectivity index (χ1v) is 7.37. The average molecular weight is 271 g/mol. The van der Waals surface area contributed by atoms with E-state index in [9.17, 15) is 5.26 Å². The Bertz CT molecular complexity index is 629. The maximum atomic E-state index is 9.23. The number of hydrogen-bond donors (Lipinski definition) is 1. The monoisotopic (exact) mass is 271 g/mol. The first-order chi connectivity index (χ1) is 9.07. The van der Waals surface area contributed by atoms with Gasteiger partial charge in [-0.15, -0.1) is 0 Å². The van der Waals surface area contributed by atoms with Crippen molar-refractivity contribution in [3.63, 3.8) is 0 Å². The summed E-state index contributed by atoms with van der Waals surface area (Å²) < 4.78 is 0.122. The van der Waals surface area contributed by atoms with Gasteiger partial charge in [-0.3, -0.25) is 4.98 Å². The summed E-state index contributed by atoms with van der Waals surface area (Å²) >= 11 is 1.80. The van der Waals surface area contributed by atoms with Crippen molar-refractivity contribution < 1.29 is 0 Å². The fourth-order valence-corrected chi connectivity index (χ4v) is 2.01. The van der Waals surface area contributed by atoms with Crippen LogP contribution in [0.5, 0.6) is 0 Å². The molecule has 0 fully saturated rings. The van der Waals surface area contributed by atoms with Crippen molar-refractivity contribution in [1.82, 2.24) is 4.98 Å². The van der Waals surface area contributed by atoms with Gasteiger partial charge in [0.25, 0.3) is 0 Å². The van der Waals surface area contributed by atoms with Crippen LogP contribution in [-0.2, 0) is 0 Å². The molecule has 1 N–H and O–H groups in total. The molecule has 0 saturated heterocycles. The highest BCUT2D eigenvalue weighted by molar-refractivity contribution is 7.99. The van der Waals surface area contributed by atoms with Crippen molar-refractivity contribution in [3.8, 4) is 6.07 Å². The summed E-state index contributed by atoms with van der Waals surface area (Å²) in [5, 5.41) is 13.6. The number of nitrogens with zero attached hydrogens (tertiary/aromatic N) is 2. The molecule has 1 aromatic heterocycles. The van der Waals surface area contributed by atoms with Gasteiger partial charge >= 0.3 is 0 Å².